The van der Waals surface area contributed by atoms with Crippen LogP contribution in [0.3, 0.4) is 0 Å². The number of carbonyl (C=O) groups is 1. The van der Waals surface area contributed by atoms with Crippen molar-refractivity contribution < 1.29 is 17.6 Å². The number of anilines is 1. The fourth-order valence-electron chi connectivity index (χ4n) is 3.82. The highest BCUT2D eigenvalue weighted by Crippen LogP contribution is 2.20. The van der Waals surface area contributed by atoms with Gasteiger partial charge in [0.25, 0.3) is 5.91 Å². The summed E-state index contributed by atoms with van der Waals surface area (Å²) in [4.78, 5) is 14.5. The molecule has 8 heteroatoms. The molecule has 164 valence electrons. The summed E-state index contributed by atoms with van der Waals surface area (Å²) in [6.07, 6.45) is 0.354. The van der Waals surface area contributed by atoms with Gasteiger partial charge in [-0.3, -0.25) is 4.79 Å². The molecule has 1 aromatic heterocycles. The average Bonchev–Trinajstić information content (AvgIpc) is 3.21. The normalized spacial score (nSPS) is 15.3. The Labute approximate surface area is 182 Å². The highest BCUT2D eigenvalue weighted by molar-refractivity contribution is 7.89. The zero-order valence-corrected chi connectivity index (χ0v) is 18.4. The van der Waals surface area contributed by atoms with Crippen LogP contribution in [0.25, 0.3) is 11.0 Å². The fraction of sp³-hybridized carbons (Fsp3) is 0.348. The number of nitrogens with zero attached hydrogens (tertiary/aromatic N) is 2. The Kier molecular flexibility index (Phi) is 6.29. The van der Waals surface area contributed by atoms with Crippen molar-refractivity contribution in [3.8, 4) is 0 Å². The number of para-hydroxylation sites is 1. The van der Waals surface area contributed by atoms with Crippen LogP contribution in [0.15, 0.2) is 59.0 Å². The lowest BCUT2D eigenvalue weighted by Crippen LogP contribution is -2.49. The van der Waals surface area contributed by atoms with E-state index in [9.17, 15) is 13.2 Å². The monoisotopic (exact) mass is 441 g/mol. The third kappa shape index (κ3) is 5.08. The maximum atomic E-state index is 12.7. The zero-order valence-electron chi connectivity index (χ0n) is 17.6. The van der Waals surface area contributed by atoms with Crippen LogP contribution >= 0.6 is 0 Å². The maximum absolute atomic E-state index is 12.7. The predicted molar refractivity (Wildman–Crippen MR) is 122 cm³/mol. The SMILES string of the molecule is Cc1cccc(N2CCN(S(=O)(=O)CCCNC(=O)c3cc4ccccc4o3)CC2)c1. The fourth-order valence-corrected chi connectivity index (χ4v) is 5.30. The van der Waals surface area contributed by atoms with E-state index in [1.165, 1.54) is 5.56 Å². The van der Waals surface area contributed by atoms with E-state index in [1.807, 2.05) is 24.3 Å². The van der Waals surface area contributed by atoms with Gasteiger partial charge in [-0.2, -0.15) is 4.31 Å². The van der Waals surface area contributed by atoms with Gasteiger partial charge in [-0.1, -0.05) is 30.3 Å². The number of carbonyl (C=O) groups excluding carboxylic acids is 1. The second-order valence-electron chi connectivity index (χ2n) is 7.80. The van der Waals surface area contributed by atoms with Gasteiger partial charge in [-0.25, -0.2) is 8.42 Å². The van der Waals surface area contributed by atoms with E-state index in [-0.39, 0.29) is 24.0 Å². The molecule has 2 aromatic carbocycles. The van der Waals surface area contributed by atoms with Gasteiger partial charge in [0, 0.05) is 43.8 Å². The van der Waals surface area contributed by atoms with Crippen molar-refractivity contribution in [3.63, 3.8) is 0 Å². The average molecular weight is 442 g/mol. The molecule has 0 atom stereocenters. The van der Waals surface area contributed by atoms with Gasteiger partial charge in [-0.15, -0.1) is 0 Å². The number of furan rings is 1. The van der Waals surface area contributed by atoms with Crippen molar-refractivity contribution in [2.45, 2.75) is 13.3 Å². The van der Waals surface area contributed by atoms with Crippen molar-refractivity contribution in [1.29, 1.82) is 0 Å². The van der Waals surface area contributed by atoms with Crippen molar-refractivity contribution in [3.05, 3.63) is 65.9 Å². The molecule has 1 saturated heterocycles. The summed E-state index contributed by atoms with van der Waals surface area (Å²) in [5.74, 6) is -0.0885. The summed E-state index contributed by atoms with van der Waals surface area (Å²) in [5, 5.41) is 3.61. The third-order valence-electron chi connectivity index (χ3n) is 5.51. The van der Waals surface area contributed by atoms with Crippen LogP contribution < -0.4 is 10.2 Å². The number of nitrogens with one attached hydrogen (secondary N) is 1. The molecule has 0 bridgehead atoms. The number of sulfonamides is 1. The molecule has 1 amide bonds. The maximum Gasteiger partial charge on any atom is 0.287 e. The number of benzene rings is 2. The number of hydrogen-bond donors (Lipinski definition) is 1. The van der Waals surface area contributed by atoms with Crippen LogP contribution in [-0.4, -0.2) is 57.1 Å². The van der Waals surface area contributed by atoms with Crippen LogP contribution in [0.4, 0.5) is 5.69 Å². The molecule has 4 rings (SSSR count). The molecule has 2 heterocycles. The van der Waals surface area contributed by atoms with E-state index in [0.717, 1.165) is 11.1 Å². The Morgan fingerprint density at radius 3 is 2.55 bits per heavy atom. The summed E-state index contributed by atoms with van der Waals surface area (Å²) in [6.45, 7) is 4.62. The Balaban J connectivity index is 1.23. The van der Waals surface area contributed by atoms with Crippen molar-refractivity contribution in [1.82, 2.24) is 9.62 Å². The van der Waals surface area contributed by atoms with Crippen molar-refractivity contribution >= 4 is 32.6 Å². The quantitative estimate of drug-likeness (QED) is 0.570. The van der Waals surface area contributed by atoms with Gasteiger partial charge in [0.15, 0.2) is 5.76 Å². The topological polar surface area (TPSA) is 82.9 Å². The lowest BCUT2D eigenvalue weighted by atomic mass is 10.2. The molecular formula is C23H27N3O4S. The van der Waals surface area contributed by atoms with Crippen LogP contribution in [0, 0.1) is 6.92 Å². The number of rotatable bonds is 7. The molecule has 3 aromatic rings. The standard InChI is InChI=1S/C23H27N3O4S/c1-18-6-4-8-20(16-18)25-11-13-26(14-12-25)31(28,29)15-5-10-24-23(27)22-17-19-7-2-3-9-21(19)30-22/h2-4,6-9,16-17H,5,10-15H2,1H3,(H,24,27). The molecule has 31 heavy (non-hydrogen) atoms. The minimum absolute atomic E-state index is 0.0118. The first-order valence-electron chi connectivity index (χ1n) is 10.5. The summed E-state index contributed by atoms with van der Waals surface area (Å²) in [5.41, 5.74) is 2.97. The molecule has 1 N–H and O–H groups in total. The largest absolute Gasteiger partial charge is 0.451 e. The molecule has 0 aliphatic carbocycles. The molecule has 0 saturated carbocycles. The Hall–Kier alpha value is -2.84. The summed E-state index contributed by atoms with van der Waals surface area (Å²) >= 11 is 0. The number of amides is 1. The minimum Gasteiger partial charge on any atom is -0.451 e. The first-order chi connectivity index (χ1) is 14.9. The molecule has 7 nitrogen and oxygen atoms in total. The van der Waals surface area contributed by atoms with E-state index in [1.54, 1.807) is 16.4 Å². The summed E-state index contributed by atoms with van der Waals surface area (Å²) in [6, 6.07) is 17.3. The van der Waals surface area contributed by atoms with Crippen LogP contribution in [0.2, 0.25) is 0 Å². The van der Waals surface area contributed by atoms with E-state index < -0.39 is 10.0 Å². The smallest absolute Gasteiger partial charge is 0.287 e. The Morgan fingerprint density at radius 2 is 1.81 bits per heavy atom. The third-order valence-corrected chi connectivity index (χ3v) is 7.47. The van der Waals surface area contributed by atoms with Gasteiger partial charge >= 0.3 is 0 Å². The predicted octanol–water partition coefficient (Wildman–Crippen LogP) is 3.01. The molecule has 0 unspecified atom stereocenters. The second-order valence-corrected chi connectivity index (χ2v) is 9.89. The summed E-state index contributed by atoms with van der Waals surface area (Å²) in [7, 11) is -3.35. The van der Waals surface area contributed by atoms with Crippen molar-refractivity contribution in [2.24, 2.45) is 0 Å². The molecule has 0 spiro atoms. The van der Waals surface area contributed by atoms with Gasteiger partial charge in [0.2, 0.25) is 10.0 Å². The minimum atomic E-state index is -3.35. The van der Waals surface area contributed by atoms with Crippen LogP contribution in [0.1, 0.15) is 22.5 Å². The number of hydrogen-bond acceptors (Lipinski definition) is 5. The lowest BCUT2D eigenvalue weighted by Gasteiger charge is -2.35. The van der Waals surface area contributed by atoms with Crippen molar-refractivity contribution in [2.75, 3.05) is 43.4 Å². The molecule has 1 aliphatic rings. The van der Waals surface area contributed by atoms with E-state index in [0.29, 0.717) is 38.2 Å². The van der Waals surface area contributed by atoms with Crippen LogP contribution in [0.5, 0.6) is 0 Å². The van der Waals surface area contributed by atoms with Crippen LogP contribution in [-0.2, 0) is 10.0 Å². The molecule has 0 radical (unpaired) electrons. The molecule has 1 aliphatic heterocycles. The highest BCUT2D eigenvalue weighted by Gasteiger charge is 2.26. The second kappa shape index (κ2) is 9.11. The van der Waals surface area contributed by atoms with Gasteiger partial charge in [-0.05, 0) is 43.2 Å². The highest BCUT2D eigenvalue weighted by atomic mass is 32.2. The van der Waals surface area contributed by atoms with E-state index in [2.05, 4.69) is 35.3 Å². The first-order valence-corrected chi connectivity index (χ1v) is 12.1. The van der Waals surface area contributed by atoms with E-state index >= 15 is 0 Å². The van der Waals surface area contributed by atoms with Gasteiger partial charge < -0.3 is 14.6 Å². The Morgan fingerprint density at radius 1 is 1.03 bits per heavy atom. The number of fused-ring (bicyclic) bond motifs is 1. The molecule has 1 fully saturated rings. The lowest BCUT2D eigenvalue weighted by molar-refractivity contribution is 0.0928. The van der Waals surface area contributed by atoms with Gasteiger partial charge in [0.1, 0.15) is 5.58 Å². The Bertz CT molecular complexity index is 1130. The first kappa shape index (κ1) is 21.4. The number of aryl methyl sites for hydroxylation is 1. The van der Waals surface area contributed by atoms with E-state index in [4.69, 9.17) is 4.42 Å². The summed E-state index contributed by atoms with van der Waals surface area (Å²) < 4.78 is 32.5. The van der Waals surface area contributed by atoms with Gasteiger partial charge in [0.05, 0.1) is 5.75 Å². The zero-order chi connectivity index (χ0) is 21.8. The molecular weight excluding hydrogens is 414 g/mol. The number of piperazine rings is 1.